The highest BCUT2D eigenvalue weighted by atomic mass is 16.5. The highest BCUT2D eigenvalue weighted by molar-refractivity contribution is 6.46. The molecular formula is C21H25N3O5. The highest BCUT2D eigenvalue weighted by Crippen LogP contribution is 2.40. The minimum atomic E-state index is -1.07. The van der Waals surface area contributed by atoms with Crippen LogP contribution < -0.4 is 4.90 Å². The lowest BCUT2D eigenvalue weighted by atomic mass is 9.92. The first-order valence-corrected chi connectivity index (χ1v) is 9.41. The van der Waals surface area contributed by atoms with E-state index in [2.05, 4.69) is 5.10 Å². The summed E-state index contributed by atoms with van der Waals surface area (Å²) in [5, 5.41) is 5.72. The minimum absolute atomic E-state index is 0.0866. The van der Waals surface area contributed by atoms with Crippen molar-refractivity contribution >= 4 is 35.0 Å². The Bertz CT molecular complexity index is 950. The molecule has 3 rings (SSSR count). The summed E-state index contributed by atoms with van der Waals surface area (Å²) in [5.41, 5.74) is 1.26. The fourth-order valence-corrected chi connectivity index (χ4v) is 4.10. The highest BCUT2D eigenvalue weighted by Gasteiger charge is 2.61. The van der Waals surface area contributed by atoms with Gasteiger partial charge < -0.3 is 4.74 Å². The molecule has 1 aromatic rings. The molecule has 154 valence electrons. The third-order valence-electron chi connectivity index (χ3n) is 5.56. The van der Waals surface area contributed by atoms with Crippen LogP contribution in [0.4, 0.5) is 5.69 Å². The van der Waals surface area contributed by atoms with E-state index in [4.69, 9.17) is 4.74 Å². The Morgan fingerprint density at radius 3 is 2.41 bits per heavy atom. The van der Waals surface area contributed by atoms with Crippen molar-refractivity contribution in [2.24, 2.45) is 11.0 Å². The van der Waals surface area contributed by atoms with Crippen molar-refractivity contribution in [1.29, 1.82) is 0 Å². The van der Waals surface area contributed by atoms with Crippen LogP contribution in [-0.4, -0.2) is 53.0 Å². The maximum Gasteiger partial charge on any atom is 0.355 e. The second-order valence-electron chi connectivity index (χ2n) is 8.17. The largest absolute Gasteiger partial charge is 0.464 e. The molecule has 1 saturated heterocycles. The van der Waals surface area contributed by atoms with E-state index in [-0.39, 0.29) is 17.9 Å². The third-order valence-corrected chi connectivity index (χ3v) is 5.56. The van der Waals surface area contributed by atoms with Gasteiger partial charge in [0.2, 0.25) is 5.91 Å². The van der Waals surface area contributed by atoms with E-state index >= 15 is 0 Å². The number of hydrogen-bond donors (Lipinski definition) is 0. The van der Waals surface area contributed by atoms with Gasteiger partial charge in [0.05, 0.1) is 18.3 Å². The van der Waals surface area contributed by atoms with Crippen molar-refractivity contribution in [2.45, 2.75) is 52.6 Å². The minimum Gasteiger partial charge on any atom is -0.464 e. The lowest BCUT2D eigenvalue weighted by Gasteiger charge is -2.36. The predicted octanol–water partition coefficient (Wildman–Crippen LogP) is 1.76. The standard InChI is InChI=1S/C21H25N3O5/c1-11-8-7-9-14(13(11)3)23-18(26)15-16(20(28)29-6)22-24(17(15)19(23)27)21(4,5)10-12(2)25/h7-9,15,17H,10H2,1-6H3. The lowest BCUT2D eigenvalue weighted by Crippen LogP contribution is -2.50. The van der Waals surface area contributed by atoms with Crippen LogP contribution in [0, 0.1) is 19.8 Å². The molecule has 2 heterocycles. The molecule has 0 aromatic heterocycles. The van der Waals surface area contributed by atoms with Crippen molar-refractivity contribution in [2.75, 3.05) is 12.0 Å². The molecule has 2 amide bonds. The Balaban J connectivity index is 2.12. The number of nitrogens with zero attached hydrogens (tertiary/aromatic N) is 3. The smallest absolute Gasteiger partial charge is 0.355 e. The van der Waals surface area contributed by atoms with Crippen molar-refractivity contribution in [3.8, 4) is 0 Å². The summed E-state index contributed by atoms with van der Waals surface area (Å²) in [6.07, 6.45) is 0.110. The Morgan fingerprint density at radius 1 is 1.17 bits per heavy atom. The average Bonchev–Trinajstić information content (AvgIpc) is 3.14. The number of Topliss-reactive ketones (excluding diaryl/α,β-unsaturated/α-hetero) is 1. The van der Waals surface area contributed by atoms with E-state index < -0.39 is 35.3 Å². The van der Waals surface area contributed by atoms with E-state index in [1.807, 2.05) is 19.9 Å². The number of benzene rings is 1. The maximum atomic E-state index is 13.4. The average molecular weight is 399 g/mol. The van der Waals surface area contributed by atoms with Gasteiger partial charge in [0, 0.05) is 6.42 Å². The number of ketones is 1. The molecule has 0 radical (unpaired) electrons. The summed E-state index contributed by atoms with van der Waals surface area (Å²) in [4.78, 5) is 52.0. The Labute approximate surface area is 169 Å². The zero-order valence-corrected chi connectivity index (χ0v) is 17.5. The maximum absolute atomic E-state index is 13.4. The van der Waals surface area contributed by atoms with E-state index in [1.165, 1.54) is 19.0 Å². The molecule has 1 aromatic carbocycles. The van der Waals surface area contributed by atoms with Crippen LogP contribution in [-0.2, 0) is 23.9 Å². The molecule has 0 spiro atoms. The number of esters is 1. The SMILES string of the molecule is COC(=O)C1=NN(C(C)(C)CC(C)=O)C2C(=O)N(c3cccc(C)c3C)C(=O)C12. The van der Waals surface area contributed by atoms with Crippen LogP contribution in [0.5, 0.6) is 0 Å². The summed E-state index contributed by atoms with van der Waals surface area (Å²) < 4.78 is 4.81. The fourth-order valence-electron chi connectivity index (χ4n) is 4.10. The summed E-state index contributed by atoms with van der Waals surface area (Å²) >= 11 is 0. The number of carbonyl (C=O) groups is 4. The van der Waals surface area contributed by atoms with Crippen molar-refractivity contribution in [3.05, 3.63) is 29.3 Å². The van der Waals surface area contributed by atoms with Crippen LogP contribution in [0.1, 0.15) is 38.3 Å². The summed E-state index contributed by atoms with van der Waals surface area (Å²) in [7, 11) is 1.20. The third kappa shape index (κ3) is 3.22. The fraction of sp³-hybridized carbons (Fsp3) is 0.476. The number of aryl methyl sites for hydroxylation is 1. The zero-order chi connectivity index (χ0) is 21.7. The first kappa shape index (κ1) is 20.7. The molecule has 0 aliphatic carbocycles. The number of hydrogen-bond acceptors (Lipinski definition) is 7. The quantitative estimate of drug-likeness (QED) is 0.553. The van der Waals surface area contributed by atoms with E-state index in [0.29, 0.717) is 5.69 Å². The molecule has 2 unspecified atom stereocenters. The lowest BCUT2D eigenvalue weighted by molar-refractivity contribution is -0.133. The van der Waals surface area contributed by atoms with Crippen LogP contribution in [0.25, 0.3) is 0 Å². The van der Waals surface area contributed by atoms with Crippen LogP contribution in [0.2, 0.25) is 0 Å². The summed E-state index contributed by atoms with van der Waals surface area (Å²) in [5.74, 6) is -2.89. The number of carbonyl (C=O) groups excluding carboxylic acids is 4. The van der Waals surface area contributed by atoms with Crippen molar-refractivity contribution in [1.82, 2.24) is 5.01 Å². The van der Waals surface area contributed by atoms with Gasteiger partial charge in [-0.2, -0.15) is 5.10 Å². The number of ether oxygens (including phenoxy) is 1. The number of fused-ring (bicyclic) bond motifs is 1. The van der Waals surface area contributed by atoms with Crippen molar-refractivity contribution < 1.29 is 23.9 Å². The van der Waals surface area contributed by atoms with Gasteiger partial charge in [-0.3, -0.25) is 19.4 Å². The molecule has 0 saturated carbocycles. The molecule has 1 fully saturated rings. The van der Waals surface area contributed by atoms with Gasteiger partial charge in [-0.15, -0.1) is 0 Å². The predicted molar refractivity (Wildman–Crippen MR) is 106 cm³/mol. The van der Waals surface area contributed by atoms with Crippen LogP contribution in [0.3, 0.4) is 0 Å². The topological polar surface area (TPSA) is 96.3 Å². The second kappa shape index (κ2) is 7.09. The molecule has 8 heteroatoms. The molecule has 2 aliphatic heterocycles. The number of imide groups is 1. The van der Waals surface area contributed by atoms with E-state index in [0.717, 1.165) is 16.0 Å². The number of anilines is 1. The number of methoxy groups -OCH3 is 1. The molecule has 8 nitrogen and oxygen atoms in total. The number of hydrazone groups is 1. The monoisotopic (exact) mass is 399 g/mol. The van der Waals surface area contributed by atoms with Gasteiger partial charge in [0.15, 0.2) is 5.71 Å². The Hall–Kier alpha value is -3.03. The van der Waals surface area contributed by atoms with Crippen LogP contribution >= 0.6 is 0 Å². The summed E-state index contributed by atoms with van der Waals surface area (Å²) in [6.45, 7) is 8.70. The van der Waals surface area contributed by atoms with Gasteiger partial charge in [-0.25, -0.2) is 9.69 Å². The first-order chi connectivity index (χ1) is 13.5. The zero-order valence-electron chi connectivity index (χ0n) is 17.5. The van der Waals surface area contributed by atoms with E-state index in [9.17, 15) is 19.2 Å². The van der Waals surface area contributed by atoms with Gasteiger partial charge in [0.1, 0.15) is 17.7 Å². The molecule has 0 N–H and O–H groups in total. The molecule has 2 atom stereocenters. The molecule has 29 heavy (non-hydrogen) atoms. The van der Waals surface area contributed by atoms with Gasteiger partial charge in [0.25, 0.3) is 5.91 Å². The number of amides is 2. The van der Waals surface area contributed by atoms with Crippen molar-refractivity contribution in [3.63, 3.8) is 0 Å². The molecule has 0 bridgehead atoms. The molecule has 2 aliphatic rings. The van der Waals surface area contributed by atoms with E-state index in [1.54, 1.807) is 26.0 Å². The molecular weight excluding hydrogens is 374 g/mol. The van der Waals surface area contributed by atoms with Gasteiger partial charge in [-0.05, 0) is 51.8 Å². The second-order valence-corrected chi connectivity index (χ2v) is 8.17. The first-order valence-electron chi connectivity index (χ1n) is 9.41. The Morgan fingerprint density at radius 2 is 1.83 bits per heavy atom. The Kier molecular flexibility index (Phi) is 5.06. The number of rotatable bonds is 5. The van der Waals surface area contributed by atoms with Gasteiger partial charge in [-0.1, -0.05) is 12.1 Å². The normalized spacial score (nSPS) is 21.4. The van der Waals surface area contributed by atoms with Crippen LogP contribution in [0.15, 0.2) is 23.3 Å². The van der Waals surface area contributed by atoms with Gasteiger partial charge >= 0.3 is 5.97 Å². The summed E-state index contributed by atoms with van der Waals surface area (Å²) in [6, 6.07) is 4.39.